The minimum Gasteiger partial charge on any atom is -0.493 e. The zero-order chi connectivity index (χ0) is 21.9. The lowest BCUT2D eigenvalue weighted by Crippen LogP contribution is -2.11. The SMILES string of the molecule is COc1cc(C=Nc2cccc(C)c2C)cc(Br)c1OS(=O)(=O)c1ccc(Cl)cc1. The van der Waals surface area contributed by atoms with Gasteiger partial charge in [-0.2, -0.15) is 8.42 Å². The van der Waals surface area contributed by atoms with Crippen LogP contribution in [0.4, 0.5) is 5.69 Å². The predicted octanol–water partition coefficient (Wildman–Crippen LogP) is 6.25. The lowest BCUT2D eigenvalue weighted by atomic mass is 10.1. The average Bonchev–Trinajstić information content (AvgIpc) is 2.71. The number of nitrogens with zero attached hydrogens (tertiary/aromatic N) is 1. The van der Waals surface area contributed by atoms with Crippen LogP contribution in [0, 0.1) is 13.8 Å². The third-order valence-electron chi connectivity index (χ3n) is 4.48. The number of aliphatic imine (C=N–C) groups is 1. The second-order valence-electron chi connectivity index (χ2n) is 6.50. The first kappa shape index (κ1) is 22.3. The Labute approximate surface area is 189 Å². The van der Waals surface area contributed by atoms with Gasteiger partial charge in [0.15, 0.2) is 11.5 Å². The molecule has 3 aromatic carbocycles. The van der Waals surface area contributed by atoms with Gasteiger partial charge in [-0.25, -0.2) is 0 Å². The summed E-state index contributed by atoms with van der Waals surface area (Å²) in [4.78, 5) is 4.53. The molecule has 3 aromatic rings. The quantitative estimate of drug-likeness (QED) is 0.292. The number of aryl methyl sites for hydroxylation is 1. The molecular formula is C22H19BrClNO4S. The van der Waals surface area contributed by atoms with E-state index in [9.17, 15) is 8.42 Å². The van der Waals surface area contributed by atoms with Crippen LogP contribution in [0.5, 0.6) is 11.5 Å². The first-order valence-electron chi connectivity index (χ1n) is 8.89. The van der Waals surface area contributed by atoms with Crippen LogP contribution in [0.3, 0.4) is 0 Å². The Bertz CT molecular complexity index is 1210. The molecule has 0 bridgehead atoms. The number of hydrogen-bond donors (Lipinski definition) is 0. The molecular weight excluding hydrogens is 490 g/mol. The first-order valence-corrected chi connectivity index (χ1v) is 11.5. The van der Waals surface area contributed by atoms with Gasteiger partial charge in [0.2, 0.25) is 0 Å². The zero-order valence-corrected chi connectivity index (χ0v) is 19.7. The van der Waals surface area contributed by atoms with Crippen molar-refractivity contribution in [2.75, 3.05) is 7.11 Å². The monoisotopic (exact) mass is 507 g/mol. The van der Waals surface area contributed by atoms with Gasteiger partial charge in [-0.15, -0.1) is 0 Å². The smallest absolute Gasteiger partial charge is 0.339 e. The van der Waals surface area contributed by atoms with Gasteiger partial charge in [-0.3, -0.25) is 4.99 Å². The standard InChI is InChI=1S/C22H19BrClNO4S/c1-14-5-4-6-20(15(14)2)25-13-16-11-19(23)22(21(12-16)28-3)29-30(26,27)18-9-7-17(24)8-10-18/h4-13H,1-3H3. The molecule has 0 aliphatic carbocycles. The summed E-state index contributed by atoms with van der Waals surface area (Å²) in [6.45, 7) is 4.04. The average molecular weight is 509 g/mol. The molecule has 0 amide bonds. The molecule has 0 aromatic heterocycles. The third-order valence-corrected chi connectivity index (χ3v) is 6.55. The van der Waals surface area contributed by atoms with Crippen molar-refractivity contribution in [3.05, 3.63) is 80.8 Å². The number of hydrogen-bond acceptors (Lipinski definition) is 5. The van der Waals surface area contributed by atoms with Gasteiger partial charge in [0.1, 0.15) is 4.90 Å². The summed E-state index contributed by atoms with van der Waals surface area (Å²) >= 11 is 9.20. The van der Waals surface area contributed by atoms with E-state index >= 15 is 0 Å². The van der Waals surface area contributed by atoms with Crippen molar-refractivity contribution < 1.29 is 17.3 Å². The van der Waals surface area contributed by atoms with Gasteiger partial charge < -0.3 is 8.92 Å². The Kier molecular flexibility index (Phi) is 6.85. The van der Waals surface area contributed by atoms with Crippen molar-refractivity contribution in [2.45, 2.75) is 18.7 Å². The molecule has 156 valence electrons. The van der Waals surface area contributed by atoms with E-state index in [1.54, 1.807) is 18.3 Å². The number of benzene rings is 3. The van der Waals surface area contributed by atoms with Crippen LogP contribution in [-0.4, -0.2) is 21.7 Å². The van der Waals surface area contributed by atoms with Gasteiger partial charge in [-0.1, -0.05) is 23.7 Å². The lowest BCUT2D eigenvalue weighted by Gasteiger charge is -2.13. The Morgan fingerprint density at radius 1 is 1.07 bits per heavy atom. The Morgan fingerprint density at radius 2 is 1.77 bits per heavy atom. The molecule has 0 saturated heterocycles. The molecule has 0 heterocycles. The molecule has 0 saturated carbocycles. The number of methoxy groups -OCH3 is 1. The molecule has 0 atom stereocenters. The number of rotatable bonds is 6. The summed E-state index contributed by atoms with van der Waals surface area (Å²) in [5.74, 6) is 0.306. The van der Waals surface area contributed by atoms with Crippen molar-refractivity contribution >= 4 is 49.6 Å². The van der Waals surface area contributed by atoms with E-state index in [1.165, 1.54) is 31.4 Å². The maximum atomic E-state index is 12.6. The minimum atomic E-state index is -4.07. The van der Waals surface area contributed by atoms with Crippen LogP contribution in [-0.2, 0) is 10.1 Å². The fourth-order valence-electron chi connectivity index (χ4n) is 2.67. The molecule has 8 heteroatoms. The van der Waals surface area contributed by atoms with E-state index in [-0.39, 0.29) is 16.4 Å². The molecule has 0 N–H and O–H groups in total. The fraction of sp³-hybridized carbons (Fsp3) is 0.136. The summed E-state index contributed by atoms with van der Waals surface area (Å²) in [6, 6.07) is 15.0. The Hall–Kier alpha value is -2.35. The van der Waals surface area contributed by atoms with Crippen molar-refractivity contribution in [1.29, 1.82) is 0 Å². The molecule has 5 nitrogen and oxygen atoms in total. The van der Waals surface area contributed by atoms with Crippen LogP contribution in [0.1, 0.15) is 16.7 Å². The topological polar surface area (TPSA) is 65.0 Å². The van der Waals surface area contributed by atoms with Gasteiger partial charge in [0.05, 0.1) is 17.3 Å². The molecule has 0 fully saturated rings. The molecule has 0 unspecified atom stereocenters. The van der Waals surface area contributed by atoms with Crippen molar-refractivity contribution in [3.8, 4) is 11.5 Å². The van der Waals surface area contributed by atoms with Crippen LogP contribution < -0.4 is 8.92 Å². The highest BCUT2D eigenvalue weighted by Gasteiger charge is 2.22. The second-order valence-corrected chi connectivity index (χ2v) is 9.34. The molecule has 30 heavy (non-hydrogen) atoms. The van der Waals surface area contributed by atoms with E-state index in [2.05, 4.69) is 20.9 Å². The van der Waals surface area contributed by atoms with Crippen molar-refractivity contribution in [1.82, 2.24) is 0 Å². The zero-order valence-electron chi connectivity index (χ0n) is 16.5. The second kappa shape index (κ2) is 9.20. The van der Waals surface area contributed by atoms with Crippen LogP contribution in [0.25, 0.3) is 0 Å². The third kappa shape index (κ3) is 5.03. The number of halogens is 2. The lowest BCUT2D eigenvalue weighted by molar-refractivity contribution is 0.389. The van der Waals surface area contributed by atoms with Gasteiger partial charge in [0, 0.05) is 11.2 Å². The number of ether oxygens (including phenoxy) is 1. The van der Waals surface area contributed by atoms with Gasteiger partial charge >= 0.3 is 10.1 Å². The van der Waals surface area contributed by atoms with Crippen LogP contribution >= 0.6 is 27.5 Å². The summed E-state index contributed by atoms with van der Waals surface area (Å²) in [7, 11) is -2.63. The molecule has 0 radical (unpaired) electrons. The van der Waals surface area contributed by atoms with E-state index in [1.807, 2.05) is 32.0 Å². The molecule has 0 aliphatic heterocycles. The maximum Gasteiger partial charge on any atom is 0.339 e. The normalized spacial score (nSPS) is 11.6. The van der Waals surface area contributed by atoms with Crippen molar-refractivity contribution in [3.63, 3.8) is 0 Å². The summed E-state index contributed by atoms with van der Waals surface area (Å²) in [5, 5.41) is 0.431. The predicted molar refractivity (Wildman–Crippen MR) is 123 cm³/mol. The largest absolute Gasteiger partial charge is 0.493 e. The fourth-order valence-corrected chi connectivity index (χ4v) is 4.40. The summed E-state index contributed by atoms with van der Waals surface area (Å²) in [6.07, 6.45) is 1.69. The Morgan fingerprint density at radius 3 is 2.43 bits per heavy atom. The van der Waals surface area contributed by atoms with Crippen LogP contribution in [0.15, 0.2) is 69.0 Å². The van der Waals surface area contributed by atoms with Gasteiger partial charge in [0.25, 0.3) is 0 Å². The molecule has 3 rings (SSSR count). The van der Waals surface area contributed by atoms with E-state index in [0.29, 0.717) is 9.50 Å². The highest BCUT2D eigenvalue weighted by atomic mass is 79.9. The molecule has 0 aliphatic rings. The first-order chi connectivity index (χ1) is 14.2. The van der Waals surface area contributed by atoms with Crippen molar-refractivity contribution in [2.24, 2.45) is 4.99 Å². The van der Waals surface area contributed by atoms with Crippen LogP contribution in [0.2, 0.25) is 5.02 Å². The Balaban J connectivity index is 1.93. The minimum absolute atomic E-state index is 0.0126. The van der Waals surface area contributed by atoms with E-state index in [4.69, 9.17) is 20.5 Å². The highest BCUT2D eigenvalue weighted by molar-refractivity contribution is 9.10. The summed E-state index contributed by atoms with van der Waals surface area (Å²) < 4.78 is 36.4. The maximum absolute atomic E-state index is 12.6. The highest BCUT2D eigenvalue weighted by Crippen LogP contribution is 2.38. The summed E-state index contributed by atoms with van der Waals surface area (Å²) in [5.41, 5.74) is 3.82. The van der Waals surface area contributed by atoms with E-state index in [0.717, 1.165) is 22.4 Å². The van der Waals surface area contributed by atoms with Gasteiger partial charge in [-0.05, 0) is 88.9 Å². The van der Waals surface area contributed by atoms with E-state index < -0.39 is 10.1 Å². The molecule has 0 spiro atoms.